The topological polar surface area (TPSA) is 32.9 Å². The van der Waals surface area contributed by atoms with Crippen molar-refractivity contribution in [2.24, 2.45) is 0 Å². The monoisotopic (exact) mass is 451 g/mol. The lowest BCUT2D eigenvalue weighted by Gasteiger charge is -2.11. The lowest BCUT2D eigenvalue weighted by atomic mass is 10.1. The van der Waals surface area contributed by atoms with Crippen LogP contribution in [0.1, 0.15) is 0 Å². The molecule has 0 radical (unpaired) electrons. The number of hydrogen-bond acceptors (Lipinski definition) is 1. The zero-order valence-corrected chi connectivity index (χ0v) is 16.7. The smallest absolute Gasteiger partial charge is 0.182 e. The molecule has 25 heavy (non-hydrogen) atoms. The number of rotatable bonds is 2. The summed E-state index contributed by atoms with van der Waals surface area (Å²) in [7, 11) is 0. The maximum absolute atomic E-state index is 12.2. The molecule has 0 unspecified atom stereocenters. The Balaban J connectivity index is 2.27. The zero-order chi connectivity index (χ0) is 18.3. The number of hydrogen-bond donors (Lipinski definition) is 1. The Labute approximate surface area is 173 Å². The Morgan fingerprint density at radius 2 is 1.00 bits per heavy atom. The molecule has 0 spiro atoms. The van der Waals surface area contributed by atoms with Gasteiger partial charge in [0.15, 0.2) is 5.43 Å². The highest BCUT2D eigenvalue weighted by Crippen LogP contribution is 2.38. The van der Waals surface area contributed by atoms with E-state index in [0.717, 1.165) is 0 Å². The van der Waals surface area contributed by atoms with Crippen LogP contribution in [0.15, 0.2) is 41.2 Å². The molecule has 8 heteroatoms. The number of nitrogens with one attached hydrogen (secondary N) is 1. The van der Waals surface area contributed by atoms with Crippen LogP contribution in [-0.2, 0) is 0 Å². The van der Waals surface area contributed by atoms with Crippen molar-refractivity contribution in [3.63, 3.8) is 0 Å². The summed E-state index contributed by atoms with van der Waals surface area (Å²) in [6.45, 7) is 0. The van der Waals surface area contributed by atoms with Crippen molar-refractivity contribution in [1.82, 2.24) is 4.98 Å². The first kappa shape index (κ1) is 18.9. The average Bonchev–Trinajstić information content (AvgIpc) is 2.53. The van der Waals surface area contributed by atoms with Crippen LogP contribution in [0, 0.1) is 0 Å². The van der Waals surface area contributed by atoms with E-state index in [1.165, 1.54) is 24.3 Å². The highest BCUT2D eigenvalue weighted by molar-refractivity contribution is 6.45. The fourth-order valence-corrected chi connectivity index (χ4v) is 3.75. The van der Waals surface area contributed by atoms with Crippen molar-refractivity contribution >= 4 is 69.6 Å². The third kappa shape index (κ3) is 3.95. The van der Waals surface area contributed by atoms with Crippen molar-refractivity contribution in [2.45, 2.75) is 0 Å². The second-order valence-electron chi connectivity index (χ2n) is 5.14. The zero-order valence-electron chi connectivity index (χ0n) is 12.1. The van der Waals surface area contributed by atoms with Crippen LogP contribution in [0.2, 0.25) is 30.1 Å². The fraction of sp³-hybridized carbons (Fsp3) is 0. The molecule has 0 aliphatic heterocycles. The minimum absolute atomic E-state index is 0.261. The van der Waals surface area contributed by atoms with Gasteiger partial charge in [-0.25, -0.2) is 0 Å². The number of pyridine rings is 1. The van der Waals surface area contributed by atoms with Gasteiger partial charge in [0.05, 0.1) is 31.5 Å². The van der Waals surface area contributed by atoms with E-state index >= 15 is 0 Å². The van der Waals surface area contributed by atoms with Gasteiger partial charge >= 0.3 is 0 Å². The van der Waals surface area contributed by atoms with E-state index in [-0.39, 0.29) is 25.5 Å². The van der Waals surface area contributed by atoms with Crippen LogP contribution >= 0.6 is 69.6 Å². The molecule has 0 saturated heterocycles. The SMILES string of the molecule is O=c1cc(-c2cc(Cl)cc(Cl)c2Cl)[nH]c(-c2cc(Cl)cc(Cl)c2Cl)c1. The normalized spacial score (nSPS) is 11.0. The Hall–Kier alpha value is -0.870. The Morgan fingerprint density at radius 3 is 1.40 bits per heavy atom. The molecule has 0 amide bonds. The molecular formula is C17H7Cl6NO. The highest BCUT2D eigenvalue weighted by Gasteiger charge is 2.14. The average molecular weight is 454 g/mol. The lowest BCUT2D eigenvalue weighted by molar-refractivity contribution is 1.30. The van der Waals surface area contributed by atoms with Crippen molar-refractivity contribution in [1.29, 1.82) is 0 Å². The van der Waals surface area contributed by atoms with Gasteiger partial charge in [-0.15, -0.1) is 0 Å². The van der Waals surface area contributed by atoms with E-state index in [1.54, 1.807) is 12.1 Å². The fourth-order valence-electron chi connectivity index (χ4n) is 2.34. The first-order chi connectivity index (χ1) is 11.8. The molecule has 3 aromatic rings. The Morgan fingerprint density at radius 1 is 0.600 bits per heavy atom. The van der Waals surface area contributed by atoms with Crippen LogP contribution in [0.5, 0.6) is 0 Å². The third-order valence-corrected chi connectivity index (χ3v) is 5.45. The highest BCUT2D eigenvalue weighted by atomic mass is 35.5. The van der Waals surface area contributed by atoms with Gasteiger partial charge in [0.1, 0.15) is 0 Å². The van der Waals surface area contributed by atoms with Gasteiger partial charge in [-0.1, -0.05) is 69.6 Å². The standard InChI is InChI=1S/C17H7Cl6NO/c18-7-1-10(16(22)12(20)3-7)14-5-9(25)6-15(24-14)11-2-8(19)4-13(21)17(11)23/h1-6H,(H,24,25). The summed E-state index contributed by atoms with van der Waals surface area (Å²) in [4.78, 5) is 15.3. The molecule has 1 heterocycles. The second-order valence-corrected chi connectivity index (χ2v) is 7.58. The molecule has 2 nitrogen and oxygen atoms in total. The van der Waals surface area contributed by atoms with Gasteiger partial charge in [0.2, 0.25) is 0 Å². The second kappa shape index (κ2) is 7.40. The molecule has 0 atom stereocenters. The van der Waals surface area contributed by atoms with Gasteiger partial charge < -0.3 is 4.98 Å². The molecule has 0 aliphatic rings. The molecular weight excluding hydrogens is 447 g/mol. The van der Waals surface area contributed by atoms with Gasteiger partial charge in [0.25, 0.3) is 0 Å². The molecule has 0 bridgehead atoms. The van der Waals surface area contributed by atoms with Crippen LogP contribution in [-0.4, -0.2) is 4.98 Å². The van der Waals surface area contributed by atoms with E-state index in [2.05, 4.69) is 4.98 Å². The first-order valence-electron chi connectivity index (χ1n) is 6.80. The van der Waals surface area contributed by atoms with Crippen LogP contribution in [0.3, 0.4) is 0 Å². The minimum atomic E-state index is -0.261. The van der Waals surface area contributed by atoms with Crippen molar-refractivity contribution in [2.75, 3.05) is 0 Å². The summed E-state index contributed by atoms with van der Waals surface area (Å²) in [6, 6.07) is 9.03. The molecule has 128 valence electrons. The van der Waals surface area contributed by atoms with Gasteiger partial charge in [-0.2, -0.15) is 0 Å². The Kier molecular flexibility index (Phi) is 5.60. The van der Waals surface area contributed by atoms with E-state index < -0.39 is 0 Å². The van der Waals surface area contributed by atoms with E-state index in [9.17, 15) is 4.79 Å². The summed E-state index contributed by atoms with van der Waals surface area (Å²) in [5, 5.41) is 1.88. The summed E-state index contributed by atoms with van der Waals surface area (Å²) in [5.41, 5.74) is 1.58. The van der Waals surface area contributed by atoms with E-state index in [0.29, 0.717) is 32.6 Å². The molecule has 3 rings (SSSR count). The minimum Gasteiger partial charge on any atom is -0.354 e. The van der Waals surface area contributed by atoms with Crippen molar-refractivity contribution < 1.29 is 0 Å². The van der Waals surface area contributed by atoms with E-state index in [1.807, 2.05) is 0 Å². The molecule has 0 saturated carbocycles. The molecule has 0 fully saturated rings. The number of benzene rings is 2. The summed E-state index contributed by atoms with van der Waals surface area (Å²) >= 11 is 36.7. The maximum atomic E-state index is 12.2. The van der Waals surface area contributed by atoms with Gasteiger partial charge in [0, 0.05) is 33.3 Å². The largest absolute Gasteiger partial charge is 0.354 e. The predicted molar refractivity (Wildman–Crippen MR) is 108 cm³/mol. The number of aromatic amines is 1. The first-order valence-corrected chi connectivity index (χ1v) is 9.07. The molecule has 2 aromatic carbocycles. The van der Waals surface area contributed by atoms with Crippen molar-refractivity contribution in [3.05, 3.63) is 76.8 Å². The molecule has 0 aliphatic carbocycles. The van der Waals surface area contributed by atoms with Crippen LogP contribution in [0.4, 0.5) is 0 Å². The summed E-state index contributed by atoms with van der Waals surface area (Å²) in [6.07, 6.45) is 0. The third-order valence-electron chi connectivity index (χ3n) is 3.41. The Bertz CT molecular complexity index is 965. The van der Waals surface area contributed by atoms with Crippen LogP contribution in [0.25, 0.3) is 22.5 Å². The quantitative estimate of drug-likeness (QED) is 0.397. The summed E-state index contributed by atoms with van der Waals surface area (Å²) < 4.78 is 0. The van der Waals surface area contributed by atoms with Crippen molar-refractivity contribution in [3.8, 4) is 22.5 Å². The summed E-state index contributed by atoms with van der Waals surface area (Å²) in [5.74, 6) is 0. The van der Waals surface area contributed by atoms with E-state index in [4.69, 9.17) is 69.6 Å². The number of H-pyrrole nitrogens is 1. The maximum Gasteiger partial charge on any atom is 0.182 e. The number of halogens is 6. The van der Waals surface area contributed by atoms with Crippen LogP contribution < -0.4 is 5.43 Å². The van der Waals surface area contributed by atoms with Gasteiger partial charge in [-0.05, 0) is 24.3 Å². The van der Waals surface area contributed by atoms with Gasteiger partial charge in [-0.3, -0.25) is 4.79 Å². The number of aromatic nitrogens is 1. The predicted octanol–water partition coefficient (Wildman–Crippen LogP) is 7.63. The molecule has 1 aromatic heterocycles. The molecule has 1 N–H and O–H groups in total. The lowest BCUT2D eigenvalue weighted by Crippen LogP contribution is -2.02.